The van der Waals surface area contributed by atoms with Gasteiger partial charge in [-0.3, -0.25) is 14.5 Å². The summed E-state index contributed by atoms with van der Waals surface area (Å²) in [6.45, 7) is 1.97. The summed E-state index contributed by atoms with van der Waals surface area (Å²) in [6, 6.07) is 11.1. The van der Waals surface area contributed by atoms with Gasteiger partial charge < -0.3 is 14.6 Å². The molecule has 0 radical (unpaired) electrons. The second-order valence-corrected chi connectivity index (χ2v) is 7.68. The van der Waals surface area contributed by atoms with Crippen LogP contribution in [0.15, 0.2) is 47.7 Å². The van der Waals surface area contributed by atoms with Crippen molar-refractivity contribution < 1.29 is 24.2 Å². The van der Waals surface area contributed by atoms with Crippen LogP contribution in [-0.4, -0.2) is 31.0 Å². The van der Waals surface area contributed by atoms with E-state index in [4.69, 9.17) is 9.47 Å². The van der Waals surface area contributed by atoms with Gasteiger partial charge in [-0.1, -0.05) is 18.2 Å². The van der Waals surface area contributed by atoms with Crippen LogP contribution in [0.5, 0.6) is 17.2 Å². The van der Waals surface area contributed by atoms with E-state index in [1.165, 1.54) is 14.2 Å². The minimum absolute atomic E-state index is 0.0474. The van der Waals surface area contributed by atoms with E-state index >= 15 is 0 Å². The number of ether oxygens (including phenoxy) is 2. The summed E-state index contributed by atoms with van der Waals surface area (Å²) in [5.74, 6) is 0.0275. The lowest BCUT2D eigenvalue weighted by atomic mass is 9.77. The number of carbonyl (C=O) groups is 2. The molecule has 0 fully saturated rings. The number of nitrogens with zero attached hydrogens (tertiary/aromatic N) is 1. The molecule has 6 heteroatoms. The molecule has 1 unspecified atom stereocenters. The molecule has 0 saturated heterocycles. The molecular weight excluding hydrogens is 382 g/mol. The summed E-state index contributed by atoms with van der Waals surface area (Å²) in [4.78, 5) is 28.1. The SMILES string of the molecule is COc1cc(C2CC(=O)N(c3ccccc3C)C3=C2C(=O)CCC3)cc(OC)c1O. The number of methoxy groups -OCH3 is 2. The zero-order valence-electron chi connectivity index (χ0n) is 17.4. The number of carbonyl (C=O) groups excluding carboxylic acids is 2. The molecule has 1 atom stereocenters. The van der Waals surface area contributed by atoms with Gasteiger partial charge in [-0.2, -0.15) is 0 Å². The third kappa shape index (κ3) is 3.22. The maximum atomic E-state index is 13.3. The van der Waals surface area contributed by atoms with E-state index in [0.717, 1.165) is 28.9 Å². The van der Waals surface area contributed by atoms with E-state index in [0.29, 0.717) is 18.4 Å². The van der Waals surface area contributed by atoms with Gasteiger partial charge in [0.15, 0.2) is 17.3 Å². The molecule has 2 aromatic rings. The van der Waals surface area contributed by atoms with Crippen LogP contribution in [0, 0.1) is 6.92 Å². The Morgan fingerprint density at radius 2 is 1.70 bits per heavy atom. The molecule has 30 heavy (non-hydrogen) atoms. The second-order valence-electron chi connectivity index (χ2n) is 7.68. The van der Waals surface area contributed by atoms with Gasteiger partial charge in [0, 0.05) is 30.0 Å². The topological polar surface area (TPSA) is 76.1 Å². The van der Waals surface area contributed by atoms with Crippen LogP contribution >= 0.6 is 0 Å². The zero-order valence-corrected chi connectivity index (χ0v) is 17.4. The standard InChI is InChI=1S/C24H25NO5/c1-14-7-4-5-8-17(14)25-18-9-6-10-19(26)23(18)16(13-22(25)27)15-11-20(29-2)24(28)21(12-15)30-3/h4-5,7-8,11-12,16,28H,6,9-10,13H2,1-3H3. The van der Waals surface area contributed by atoms with Gasteiger partial charge in [0.25, 0.3) is 0 Å². The first-order chi connectivity index (χ1) is 14.5. The number of hydrogen-bond donors (Lipinski definition) is 1. The number of amides is 1. The molecule has 1 heterocycles. The Labute approximate surface area is 175 Å². The highest BCUT2D eigenvalue weighted by Gasteiger charge is 2.40. The van der Waals surface area contributed by atoms with E-state index in [1.807, 2.05) is 31.2 Å². The Bertz CT molecular complexity index is 1030. The van der Waals surface area contributed by atoms with Crippen molar-refractivity contribution >= 4 is 17.4 Å². The minimum Gasteiger partial charge on any atom is -0.502 e. The highest BCUT2D eigenvalue weighted by Crippen LogP contribution is 2.47. The summed E-state index contributed by atoms with van der Waals surface area (Å²) in [5.41, 5.74) is 4.00. The predicted molar refractivity (Wildman–Crippen MR) is 113 cm³/mol. The van der Waals surface area contributed by atoms with Crippen molar-refractivity contribution in [1.82, 2.24) is 0 Å². The molecule has 0 aromatic heterocycles. The Morgan fingerprint density at radius 1 is 1.03 bits per heavy atom. The number of phenols is 1. The van der Waals surface area contributed by atoms with Gasteiger partial charge >= 0.3 is 0 Å². The number of aromatic hydroxyl groups is 1. The van der Waals surface area contributed by atoms with Crippen molar-refractivity contribution in [2.24, 2.45) is 0 Å². The first kappa shape index (κ1) is 20.0. The maximum Gasteiger partial charge on any atom is 0.232 e. The van der Waals surface area contributed by atoms with Crippen LogP contribution in [-0.2, 0) is 9.59 Å². The molecule has 156 valence electrons. The van der Waals surface area contributed by atoms with Gasteiger partial charge in [0.2, 0.25) is 11.7 Å². The minimum atomic E-state index is -0.399. The first-order valence-electron chi connectivity index (χ1n) is 10.1. The molecule has 4 rings (SSSR count). The highest BCUT2D eigenvalue weighted by molar-refractivity contribution is 6.07. The van der Waals surface area contributed by atoms with Gasteiger partial charge in [0.1, 0.15) is 0 Å². The lowest BCUT2D eigenvalue weighted by molar-refractivity contribution is -0.119. The fraction of sp³-hybridized carbons (Fsp3) is 0.333. The molecule has 0 bridgehead atoms. The normalized spacial score (nSPS) is 19.0. The molecule has 2 aliphatic rings. The van der Waals surface area contributed by atoms with Crippen LogP contribution in [0.4, 0.5) is 5.69 Å². The van der Waals surface area contributed by atoms with Crippen LogP contribution < -0.4 is 14.4 Å². The van der Waals surface area contributed by atoms with E-state index in [9.17, 15) is 14.7 Å². The Morgan fingerprint density at radius 3 is 2.33 bits per heavy atom. The molecular formula is C24H25NO5. The maximum absolute atomic E-state index is 13.3. The van der Waals surface area contributed by atoms with Crippen molar-refractivity contribution in [2.45, 2.75) is 38.5 Å². The van der Waals surface area contributed by atoms with Crippen LogP contribution in [0.3, 0.4) is 0 Å². The molecule has 0 saturated carbocycles. The van der Waals surface area contributed by atoms with E-state index < -0.39 is 5.92 Å². The lowest BCUT2D eigenvalue weighted by Gasteiger charge is -2.39. The number of aryl methyl sites for hydroxylation is 1. The number of allylic oxidation sites excluding steroid dienone is 2. The Kier molecular flexibility index (Phi) is 5.24. The molecule has 0 spiro atoms. The lowest BCUT2D eigenvalue weighted by Crippen LogP contribution is -2.40. The average molecular weight is 407 g/mol. The van der Waals surface area contributed by atoms with Gasteiger partial charge in [0.05, 0.1) is 19.9 Å². The van der Waals surface area contributed by atoms with Crippen molar-refractivity contribution in [2.75, 3.05) is 19.1 Å². The molecule has 1 amide bonds. The number of benzene rings is 2. The Balaban J connectivity index is 1.90. The number of anilines is 1. The van der Waals surface area contributed by atoms with Gasteiger partial charge in [-0.15, -0.1) is 0 Å². The summed E-state index contributed by atoms with van der Waals surface area (Å²) in [5, 5.41) is 10.3. The van der Waals surface area contributed by atoms with Crippen LogP contribution in [0.2, 0.25) is 0 Å². The number of Topliss-reactive ketones (excluding diaryl/α,β-unsaturated/α-hetero) is 1. The second kappa shape index (κ2) is 7.86. The fourth-order valence-corrected chi connectivity index (χ4v) is 4.49. The number of ketones is 1. The number of para-hydroxylation sites is 1. The largest absolute Gasteiger partial charge is 0.502 e. The number of rotatable bonds is 4. The first-order valence-corrected chi connectivity index (χ1v) is 10.1. The van der Waals surface area contributed by atoms with Crippen molar-refractivity contribution in [3.63, 3.8) is 0 Å². The van der Waals surface area contributed by atoms with Crippen molar-refractivity contribution in [1.29, 1.82) is 0 Å². The molecule has 1 aliphatic carbocycles. The van der Waals surface area contributed by atoms with Crippen molar-refractivity contribution in [3.8, 4) is 17.2 Å². The third-order valence-electron chi connectivity index (χ3n) is 5.94. The van der Waals surface area contributed by atoms with Crippen LogP contribution in [0.1, 0.15) is 42.7 Å². The third-order valence-corrected chi connectivity index (χ3v) is 5.94. The summed E-state index contributed by atoms with van der Waals surface area (Å²) in [7, 11) is 2.92. The molecule has 6 nitrogen and oxygen atoms in total. The smallest absolute Gasteiger partial charge is 0.232 e. The molecule has 2 aromatic carbocycles. The monoisotopic (exact) mass is 407 g/mol. The van der Waals surface area contributed by atoms with E-state index in [1.54, 1.807) is 17.0 Å². The zero-order chi connectivity index (χ0) is 21.4. The average Bonchev–Trinajstić information content (AvgIpc) is 2.74. The van der Waals surface area contributed by atoms with Gasteiger partial charge in [-0.05, 0) is 49.1 Å². The quantitative estimate of drug-likeness (QED) is 0.820. The van der Waals surface area contributed by atoms with E-state index in [2.05, 4.69) is 0 Å². The van der Waals surface area contributed by atoms with Gasteiger partial charge in [-0.25, -0.2) is 0 Å². The Hall–Kier alpha value is -3.28. The van der Waals surface area contributed by atoms with Crippen LogP contribution in [0.25, 0.3) is 0 Å². The highest BCUT2D eigenvalue weighted by atomic mass is 16.5. The number of hydrogen-bond acceptors (Lipinski definition) is 5. The fourth-order valence-electron chi connectivity index (χ4n) is 4.49. The molecule has 1 aliphatic heterocycles. The summed E-state index contributed by atoms with van der Waals surface area (Å²) < 4.78 is 10.6. The summed E-state index contributed by atoms with van der Waals surface area (Å²) in [6.07, 6.45) is 2.03. The predicted octanol–water partition coefficient (Wildman–Crippen LogP) is 4.25. The summed E-state index contributed by atoms with van der Waals surface area (Å²) >= 11 is 0. The molecule has 1 N–H and O–H groups in total. The van der Waals surface area contributed by atoms with E-state index in [-0.39, 0.29) is 35.4 Å². The number of phenolic OH excluding ortho intramolecular Hbond substituents is 1. The van der Waals surface area contributed by atoms with Crippen molar-refractivity contribution in [3.05, 3.63) is 58.8 Å².